The van der Waals surface area contributed by atoms with Crippen LogP contribution in [0, 0.1) is 17.4 Å². The van der Waals surface area contributed by atoms with Crippen molar-refractivity contribution in [1.29, 1.82) is 0 Å². The lowest BCUT2D eigenvalue weighted by Gasteiger charge is -2.17. The molecule has 0 aliphatic carbocycles. The molecule has 0 radical (unpaired) electrons. The predicted octanol–water partition coefficient (Wildman–Crippen LogP) is 2.23. The average Bonchev–Trinajstić information content (AvgIpc) is 2.65. The summed E-state index contributed by atoms with van der Waals surface area (Å²) in [4.78, 5) is 13.3. The number of halogens is 1. The number of hydrogen-bond donors (Lipinski definition) is 1. The number of ether oxygens (including phenoxy) is 1. The van der Waals surface area contributed by atoms with Gasteiger partial charge in [-0.05, 0) is 59.7 Å². The molecule has 1 fully saturated rings. The minimum atomic E-state index is -0.415. The van der Waals surface area contributed by atoms with E-state index in [1.54, 1.807) is 4.90 Å². The molecule has 4 nitrogen and oxygen atoms in total. The zero-order valence-corrected chi connectivity index (χ0v) is 11.9. The Kier molecular flexibility index (Phi) is 3.58. The van der Waals surface area contributed by atoms with Crippen LogP contribution in [0.15, 0.2) is 12.1 Å². The van der Waals surface area contributed by atoms with Crippen LogP contribution in [0.4, 0.5) is 10.5 Å². The minimum Gasteiger partial charge on any atom is -0.441 e. The van der Waals surface area contributed by atoms with E-state index in [2.05, 4.69) is 22.6 Å². The van der Waals surface area contributed by atoms with Gasteiger partial charge in [0, 0.05) is 3.57 Å². The average molecular weight is 347 g/mol. The van der Waals surface area contributed by atoms with Crippen molar-refractivity contribution >= 4 is 34.4 Å². The van der Waals surface area contributed by atoms with Crippen molar-refractivity contribution in [2.75, 3.05) is 18.1 Å². The highest BCUT2D eigenvalue weighted by Gasteiger charge is 2.32. The molecule has 92 valence electrons. The summed E-state index contributed by atoms with van der Waals surface area (Å²) in [5.74, 6) is 0. The summed E-state index contributed by atoms with van der Waals surface area (Å²) in [6.07, 6.45) is -0.797. The standard InChI is InChI=1S/C12H14INO3/c1-7-4-11(8(2)3-10(7)13)14-5-9(6-15)17-12(14)16/h3-4,9,15H,5-6H2,1-2H3. The quantitative estimate of drug-likeness (QED) is 0.835. The van der Waals surface area contributed by atoms with Crippen molar-refractivity contribution < 1.29 is 14.6 Å². The molecule has 1 aliphatic rings. The first-order chi connectivity index (χ1) is 8.02. The fraction of sp³-hybridized carbons (Fsp3) is 0.417. The third-order valence-corrected chi connectivity index (χ3v) is 4.01. The van der Waals surface area contributed by atoms with E-state index in [0.717, 1.165) is 16.8 Å². The van der Waals surface area contributed by atoms with E-state index < -0.39 is 6.10 Å². The number of rotatable bonds is 2. The highest BCUT2D eigenvalue weighted by molar-refractivity contribution is 14.1. The SMILES string of the molecule is Cc1cc(N2CC(CO)OC2=O)c(C)cc1I. The summed E-state index contributed by atoms with van der Waals surface area (Å²) in [5, 5.41) is 9.01. The zero-order valence-electron chi connectivity index (χ0n) is 9.74. The van der Waals surface area contributed by atoms with Crippen molar-refractivity contribution in [1.82, 2.24) is 0 Å². The van der Waals surface area contributed by atoms with Gasteiger partial charge in [-0.3, -0.25) is 4.90 Å². The van der Waals surface area contributed by atoms with Gasteiger partial charge in [-0.15, -0.1) is 0 Å². The molecule has 17 heavy (non-hydrogen) atoms. The summed E-state index contributed by atoms with van der Waals surface area (Å²) >= 11 is 2.27. The van der Waals surface area contributed by atoms with Crippen molar-refractivity contribution in [2.45, 2.75) is 20.0 Å². The van der Waals surface area contributed by atoms with Crippen molar-refractivity contribution in [3.63, 3.8) is 0 Å². The lowest BCUT2D eigenvalue weighted by Crippen LogP contribution is -2.26. The van der Waals surface area contributed by atoms with Gasteiger partial charge in [0.2, 0.25) is 0 Å². The molecule has 5 heteroatoms. The van der Waals surface area contributed by atoms with E-state index in [9.17, 15) is 4.79 Å². The molecule has 0 spiro atoms. The lowest BCUT2D eigenvalue weighted by molar-refractivity contribution is 0.0963. The van der Waals surface area contributed by atoms with E-state index in [1.165, 1.54) is 3.57 Å². The van der Waals surface area contributed by atoms with Crippen molar-refractivity contribution in [3.8, 4) is 0 Å². The summed E-state index contributed by atoms with van der Waals surface area (Å²) in [7, 11) is 0. The molecule has 1 atom stereocenters. The number of carbonyl (C=O) groups is 1. The third kappa shape index (κ3) is 2.40. The minimum absolute atomic E-state index is 0.134. The number of nitrogens with zero attached hydrogens (tertiary/aromatic N) is 1. The maximum atomic E-state index is 11.7. The maximum Gasteiger partial charge on any atom is 0.414 e. The summed E-state index contributed by atoms with van der Waals surface area (Å²) in [6.45, 7) is 4.26. The van der Waals surface area contributed by atoms with Crippen LogP contribution in [0.3, 0.4) is 0 Å². The molecular formula is C12H14INO3. The van der Waals surface area contributed by atoms with Crippen LogP contribution in [-0.4, -0.2) is 30.5 Å². The van der Waals surface area contributed by atoms with E-state index in [1.807, 2.05) is 26.0 Å². The second-order valence-corrected chi connectivity index (χ2v) is 5.35. The number of aryl methyl sites for hydroxylation is 2. The molecule has 1 aliphatic heterocycles. The van der Waals surface area contributed by atoms with Crippen molar-refractivity contribution in [3.05, 3.63) is 26.8 Å². The van der Waals surface area contributed by atoms with Gasteiger partial charge in [0.25, 0.3) is 0 Å². The van der Waals surface area contributed by atoms with Gasteiger partial charge in [-0.2, -0.15) is 0 Å². The molecule has 0 bridgehead atoms. The number of anilines is 1. The Labute approximate surface area is 114 Å². The van der Waals surface area contributed by atoms with E-state index in [4.69, 9.17) is 9.84 Å². The summed E-state index contributed by atoms with van der Waals surface area (Å²) < 4.78 is 6.21. The monoisotopic (exact) mass is 347 g/mol. The van der Waals surface area contributed by atoms with Crippen LogP contribution in [0.5, 0.6) is 0 Å². The van der Waals surface area contributed by atoms with Crippen molar-refractivity contribution in [2.24, 2.45) is 0 Å². The first-order valence-corrected chi connectivity index (χ1v) is 6.46. The maximum absolute atomic E-state index is 11.7. The number of amides is 1. The first-order valence-electron chi connectivity index (χ1n) is 5.38. The van der Waals surface area contributed by atoms with Crippen LogP contribution in [0.2, 0.25) is 0 Å². The molecule has 1 heterocycles. The fourth-order valence-electron chi connectivity index (χ4n) is 1.87. The Balaban J connectivity index is 2.35. The molecule has 1 aromatic rings. The highest BCUT2D eigenvalue weighted by atomic mass is 127. The molecule has 0 saturated carbocycles. The molecule has 1 saturated heterocycles. The Bertz CT molecular complexity index is 461. The van der Waals surface area contributed by atoms with Crippen LogP contribution < -0.4 is 4.90 Å². The van der Waals surface area contributed by atoms with E-state index >= 15 is 0 Å². The molecule has 2 rings (SSSR count). The number of aliphatic hydroxyl groups excluding tert-OH is 1. The van der Waals surface area contributed by atoms with Gasteiger partial charge < -0.3 is 9.84 Å². The predicted molar refractivity (Wildman–Crippen MR) is 73.3 cm³/mol. The Morgan fingerprint density at radius 2 is 2.18 bits per heavy atom. The molecular weight excluding hydrogens is 333 g/mol. The van der Waals surface area contributed by atoms with Gasteiger partial charge in [0.15, 0.2) is 0 Å². The van der Waals surface area contributed by atoms with Crippen LogP contribution in [0.1, 0.15) is 11.1 Å². The van der Waals surface area contributed by atoms with Crippen LogP contribution in [-0.2, 0) is 4.74 Å². The fourth-order valence-corrected chi connectivity index (χ4v) is 2.49. The van der Waals surface area contributed by atoms with E-state index in [0.29, 0.717) is 6.54 Å². The number of benzene rings is 1. The number of aliphatic hydroxyl groups is 1. The second kappa shape index (κ2) is 4.81. The number of cyclic esters (lactones) is 1. The normalized spacial score (nSPS) is 19.6. The second-order valence-electron chi connectivity index (χ2n) is 4.19. The van der Waals surface area contributed by atoms with Crippen LogP contribution in [0.25, 0.3) is 0 Å². The van der Waals surface area contributed by atoms with E-state index in [-0.39, 0.29) is 12.7 Å². The summed E-state index contributed by atoms with van der Waals surface area (Å²) in [5.41, 5.74) is 3.03. The molecule has 1 aromatic carbocycles. The van der Waals surface area contributed by atoms with Gasteiger partial charge in [0.1, 0.15) is 6.10 Å². The van der Waals surface area contributed by atoms with Gasteiger partial charge >= 0.3 is 6.09 Å². The van der Waals surface area contributed by atoms with Crippen LogP contribution >= 0.6 is 22.6 Å². The highest BCUT2D eigenvalue weighted by Crippen LogP contribution is 2.28. The Morgan fingerprint density at radius 3 is 2.76 bits per heavy atom. The Hall–Kier alpha value is -0.820. The molecule has 1 N–H and O–H groups in total. The molecule has 0 aromatic heterocycles. The Morgan fingerprint density at radius 1 is 1.47 bits per heavy atom. The lowest BCUT2D eigenvalue weighted by atomic mass is 10.1. The van der Waals surface area contributed by atoms with Gasteiger partial charge in [0.05, 0.1) is 18.8 Å². The van der Waals surface area contributed by atoms with Gasteiger partial charge in [-0.25, -0.2) is 4.79 Å². The zero-order chi connectivity index (χ0) is 12.6. The first kappa shape index (κ1) is 12.6. The summed E-state index contributed by atoms with van der Waals surface area (Å²) in [6, 6.07) is 4.03. The molecule has 1 unspecified atom stereocenters. The third-order valence-electron chi connectivity index (χ3n) is 2.85. The molecule has 1 amide bonds. The largest absolute Gasteiger partial charge is 0.441 e. The number of carbonyl (C=O) groups excluding carboxylic acids is 1. The topological polar surface area (TPSA) is 49.8 Å². The van der Waals surface area contributed by atoms with Gasteiger partial charge in [-0.1, -0.05) is 0 Å². The smallest absolute Gasteiger partial charge is 0.414 e. The number of hydrogen-bond acceptors (Lipinski definition) is 3.